The number of rotatable bonds is 3. The minimum atomic E-state index is 0.300. The molecule has 1 aromatic rings. The maximum absolute atomic E-state index is 12.3. The Bertz CT molecular complexity index is 492. The normalized spacial score (nSPS) is 24.8. The summed E-state index contributed by atoms with van der Waals surface area (Å²) in [6, 6.07) is 7.78. The maximum atomic E-state index is 12.3. The Labute approximate surface area is 125 Å². The Morgan fingerprint density at radius 3 is 2.30 bits per heavy atom. The second-order valence-corrected chi connectivity index (χ2v) is 6.32. The highest BCUT2D eigenvalue weighted by atomic mass is 35.5. The zero-order valence-electron chi connectivity index (χ0n) is 11.6. The highest BCUT2D eigenvalue weighted by molar-refractivity contribution is 6.30. The minimum Gasteiger partial charge on any atom is -0.342 e. The molecule has 0 radical (unpaired) electrons. The number of likely N-dealkylation sites (tertiary alicyclic amines) is 1. The first-order valence-corrected chi connectivity index (χ1v) is 7.77. The second kappa shape index (κ2) is 6.01. The molecule has 0 spiro atoms. The number of allylic oxidation sites excluding steroid dienone is 2. The zero-order chi connectivity index (χ0) is 13.9. The predicted molar refractivity (Wildman–Crippen MR) is 81.7 cm³/mol. The molecule has 3 heteroatoms. The molecule has 2 unspecified atom stereocenters. The summed E-state index contributed by atoms with van der Waals surface area (Å²) in [7, 11) is 0. The number of carbonyl (C=O) groups is 1. The molecule has 2 atom stereocenters. The molecule has 0 bridgehead atoms. The van der Waals surface area contributed by atoms with Crippen LogP contribution in [0.5, 0.6) is 0 Å². The van der Waals surface area contributed by atoms with Crippen molar-refractivity contribution in [3.05, 3.63) is 47.0 Å². The quantitative estimate of drug-likeness (QED) is 0.777. The van der Waals surface area contributed by atoms with Gasteiger partial charge in [-0.1, -0.05) is 35.9 Å². The number of halogens is 1. The van der Waals surface area contributed by atoms with Crippen LogP contribution < -0.4 is 0 Å². The number of benzene rings is 1. The first kappa shape index (κ1) is 13.7. The van der Waals surface area contributed by atoms with Crippen molar-refractivity contribution in [2.45, 2.75) is 25.7 Å². The standard InChI is InChI=1S/C17H20ClNO/c18-16-8-5-13(6-9-16)7-10-17(20)19-11-14-3-1-2-4-15(14)12-19/h1-2,5-6,8-9,14-15H,3-4,7,10-12H2. The lowest BCUT2D eigenvalue weighted by Gasteiger charge is -2.17. The molecule has 2 nitrogen and oxygen atoms in total. The molecule has 2 aliphatic rings. The number of nitrogens with zero attached hydrogens (tertiary/aromatic N) is 1. The van der Waals surface area contributed by atoms with Gasteiger partial charge < -0.3 is 4.90 Å². The lowest BCUT2D eigenvalue weighted by Crippen LogP contribution is -2.29. The topological polar surface area (TPSA) is 20.3 Å². The van der Waals surface area contributed by atoms with Crippen LogP contribution in [0.3, 0.4) is 0 Å². The predicted octanol–water partition coefficient (Wildman–Crippen LogP) is 3.70. The van der Waals surface area contributed by atoms with E-state index < -0.39 is 0 Å². The Morgan fingerprint density at radius 2 is 1.70 bits per heavy atom. The van der Waals surface area contributed by atoms with Gasteiger partial charge in [0.2, 0.25) is 5.91 Å². The first-order valence-electron chi connectivity index (χ1n) is 7.39. The van der Waals surface area contributed by atoms with Crippen molar-refractivity contribution in [3.8, 4) is 0 Å². The third-order valence-electron chi connectivity index (χ3n) is 4.51. The van der Waals surface area contributed by atoms with Crippen LogP contribution in [0.4, 0.5) is 0 Å². The average Bonchev–Trinajstić information content (AvgIpc) is 2.90. The van der Waals surface area contributed by atoms with E-state index in [1.54, 1.807) is 0 Å². The summed E-state index contributed by atoms with van der Waals surface area (Å²) in [6.45, 7) is 1.91. The summed E-state index contributed by atoms with van der Waals surface area (Å²) in [4.78, 5) is 14.4. The summed E-state index contributed by atoms with van der Waals surface area (Å²) in [6.07, 6.45) is 8.23. The zero-order valence-corrected chi connectivity index (χ0v) is 12.4. The third-order valence-corrected chi connectivity index (χ3v) is 4.77. The molecule has 0 aromatic heterocycles. The highest BCUT2D eigenvalue weighted by Crippen LogP contribution is 2.33. The molecule has 1 amide bonds. The van der Waals surface area contributed by atoms with Gasteiger partial charge in [0, 0.05) is 24.5 Å². The summed E-state index contributed by atoms with van der Waals surface area (Å²) in [5.41, 5.74) is 1.18. The lowest BCUT2D eigenvalue weighted by molar-refractivity contribution is -0.130. The molecule has 20 heavy (non-hydrogen) atoms. The minimum absolute atomic E-state index is 0.300. The third kappa shape index (κ3) is 3.06. The summed E-state index contributed by atoms with van der Waals surface area (Å²) in [5.74, 6) is 1.69. The van der Waals surface area contributed by atoms with E-state index in [1.165, 1.54) is 5.56 Å². The van der Waals surface area contributed by atoms with Crippen LogP contribution >= 0.6 is 11.6 Å². The summed E-state index contributed by atoms with van der Waals surface area (Å²) in [5, 5.41) is 0.746. The van der Waals surface area contributed by atoms with E-state index >= 15 is 0 Å². The fourth-order valence-electron chi connectivity index (χ4n) is 3.28. The van der Waals surface area contributed by atoms with Crippen molar-refractivity contribution in [2.75, 3.05) is 13.1 Å². The van der Waals surface area contributed by atoms with Gasteiger partial charge in [0.05, 0.1) is 0 Å². The van der Waals surface area contributed by atoms with Crippen molar-refractivity contribution in [3.63, 3.8) is 0 Å². The molecule has 1 aromatic carbocycles. The van der Waals surface area contributed by atoms with Crippen LogP contribution in [-0.2, 0) is 11.2 Å². The maximum Gasteiger partial charge on any atom is 0.222 e. The van der Waals surface area contributed by atoms with Gasteiger partial charge in [0.15, 0.2) is 0 Å². The Kier molecular flexibility index (Phi) is 4.11. The van der Waals surface area contributed by atoms with Crippen LogP contribution in [0.15, 0.2) is 36.4 Å². The van der Waals surface area contributed by atoms with E-state index in [0.29, 0.717) is 24.2 Å². The fourth-order valence-corrected chi connectivity index (χ4v) is 3.40. The number of hydrogen-bond donors (Lipinski definition) is 0. The van der Waals surface area contributed by atoms with Gasteiger partial charge in [-0.25, -0.2) is 0 Å². The van der Waals surface area contributed by atoms with Crippen LogP contribution in [0.1, 0.15) is 24.8 Å². The fraction of sp³-hybridized carbons (Fsp3) is 0.471. The Balaban J connectivity index is 1.51. The van der Waals surface area contributed by atoms with Gasteiger partial charge in [-0.05, 0) is 48.8 Å². The monoisotopic (exact) mass is 289 g/mol. The highest BCUT2D eigenvalue weighted by Gasteiger charge is 2.34. The average molecular weight is 290 g/mol. The van der Waals surface area contributed by atoms with E-state index in [-0.39, 0.29) is 0 Å². The molecular formula is C17H20ClNO. The first-order chi connectivity index (χ1) is 9.72. The Hall–Kier alpha value is -1.28. The number of amides is 1. The molecule has 1 saturated heterocycles. The van der Waals surface area contributed by atoms with Crippen LogP contribution in [-0.4, -0.2) is 23.9 Å². The molecule has 3 rings (SSSR count). The van der Waals surface area contributed by atoms with Gasteiger partial charge >= 0.3 is 0 Å². The number of carbonyl (C=O) groups excluding carboxylic acids is 1. The van der Waals surface area contributed by atoms with Crippen molar-refractivity contribution >= 4 is 17.5 Å². The van der Waals surface area contributed by atoms with E-state index in [2.05, 4.69) is 17.1 Å². The summed E-state index contributed by atoms with van der Waals surface area (Å²) >= 11 is 5.87. The van der Waals surface area contributed by atoms with Gasteiger partial charge in [0.1, 0.15) is 0 Å². The molecule has 1 fully saturated rings. The number of aryl methyl sites for hydroxylation is 1. The molecule has 1 aliphatic heterocycles. The van der Waals surface area contributed by atoms with Gasteiger partial charge in [0.25, 0.3) is 0 Å². The Morgan fingerprint density at radius 1 is 1.10 bits per heavy atom. The van der Waals surface area contributed by atoms with E-state index in [4.69, 9.17) is 11.6 Å². The van der Waals surface area contributed by atoms with Crippen molar-refractivity contribution in [1.82, 2.24) is 4.90 Å². The molecular weight excluding hydrogens is 270 g/mol. The van der Waals surface area contributed by atoms with Gasteiger partial charge in [-0.3, -0.25) is 4.79 Å². The van der Waals surface area contributed by atoms with Crippen molar-refractivity contribution in [2.24, 2.45) is 11.8 Å². The van der Waals surface area contributed by atoms with E-state index in [0.717, 1.165) is 37.4 Å². The van der Waals surface area contributed by atoms with E-state index in [1.807, 2.05) is 24.3 Å². The number of hydrogen-bond acceptors (Lipinski definition) is 1. The SMILES string of the molecule is O=C(CCc1ccc(Cl)cc1)N1CC2CC=CCC2C1. The van der Waals surface area contributed by atoms with Crippen LogP contribution in [0, 0.1) is 11.8 Å². The molecule has 1 heterocycles. The van der Waals surface area contributed by atoms with Crippen LogP contribution in [0.2, 0.25) is 5.02 Å². The second-order valence-electron chi connectivity index (χ2n) is 5.89. The van der Waals surface area contributed by atoms with Crippen molar-refractivity contribution < 1.29 is 4.79 Å². The molecule has 106 valence electrons. The van der Waals surface area contributed by atoms with Crippen molar-refractivity contribution in [1.29, 1.82) is 0 Å². The molecule has 0 N–H and O–H groups in total. The summed E-state index contributed by atoms with van der Waals surface area (Å²) < 4.78 is 0. The largest absolute Gasteiger partial charge is 0.342 e. The number of fused-ring (bicyclic) bond motifs is 1. The van der Waals surface area contributed by atoms with Gasteiger partial charge in [-0.2, -0.15) is 0 Å². The van der Waals surface area contributed by atoms with Gasteiger partial charge in [-0.15, -0.1) is 0 Å². The van der Waals surface area contributed by atoms with E-state index in [9.17, 15) is 4.79 Å². The smallest absolute Gasteiger partial charge is 0.222 e. The molecule has 1 aliphatic carbocycles. The van der Waals surface area contributed by atoms with Crippen LogP contribution in [0.25, 0.3) is 0 Å². The lowest BCUT2D eigenvalue weighted by atomic mass is 9.86. The molecule has 0 saturated carbocycles.